The summed E-state index contributed by atoms with van der Waals surface area (Å²) in [5.41, 5.74) is -0.0109. The van der Waals surface area contributed by atoms with Gasteiger partial charge in [0.1, 0.15) is 0 Å². The maximum atomic E-state index is 12.1. The molecular formula is C16H20Cl3O2. The topological polar surface area (TPSA) is 26.3 Å². The van der Waals surface area contributed by atoms with Crippen LogP contribution in [0.2, 0.25) is 15.1 Å². The summed E-state index contributed by atoms with van der Waals surface area (Å²) in [5, 5.41) is 0.563. The molecule has 5 heteroatoms. The maximum Gasteiger partial charge on any atom is 0.340 e. The fraction of sp³-hybridized carbons (Fsp3) is 0.562. The Morgan fingerprint density at radius 3 is 2.52 bits per heavy atom. The predicted octanol–water partition coefficient (Wildman–Crippen LogP) is 6.07. The lowest BCUT2D eigenvalue weighted by Crippen LogP contribution is -2.22. The van der Waals surface area contributed by atoms with E-state index in [9.17, 15) is 4.79 Å². The van der Waals surface area contributed by atoms with Gasteiger partial charge in [0.2, 0.25) is 0 Å². The summed E-state index contributed by atoms with van der Waals surface area (Å²) in [4.78, 5) is 12.1. The smallest absolute Gasteiger partial charge is 0.340 e. The largest absolute Gasteiger partial charge is 0.461 e. The van der Waals surface area contributed by atoms with Gasteiger partial charge in [-0.05, 0) is 23.8 Å². The summed E-state index contributed by atoms with van der Waals surface area (Å²) >= 11 is 17.7. The van der Waals surface area contributed by atoms with Gasteiger partial charge in [-0.2, -0.15) is 0 Å². The Balaban J connectivity index is 2.70. The molecule has 0 N–H and O–H groups in total. The molecule has 117 valence electrons. The zero-order chi connectivity index (χ0) is 16.2. The SMILES string of the molecule is CC(C)CCC(C)(C)COC(=O)c1[c]c(Cl)cc(Cl)c1Cl. The predicted molar refractivity (Wildman–Crippen MR) is 88.4 cm³/mol. The Labute approximate surface area is 141 Å². The maximum absolute atomic E-state index is 12.1. The second kappa shape index (κ2) is 7.71. The Kier molecular flexibility index (Phi) is 6.83. The second-order valence-corrected chi connectivity index (χ2v) is 7.52. The number of esters is 1. The molecule has 21 heavy (non-hydrogen) atoms. The summed E-state index contributed by atoms with van der Waals surface area (Å²) in [6, 6.07) is 4.12. The number of ether oxygens (including phenoxy) is 1. The molecule has 1 aromatic rings. The number of halogens is 3. The van der Waals surface area contributed by atoms with Crippen molar-refractivity contribution in [1.82, 2.24) is 0 Å². The quantitative estimate of drug-likeness (QED) is 0.460. The van der Waals surface area contributed by atoms with Crippen LogP contribution in [0.4, 0.5) is 0 Å². The third kappa shape index (κ3) is 6.06. The van der Waals surface area contributed by atoms with Crippen molar-refractivity contribution in [2.45, 2.75) is 40.5 Å². The molecule has 0 atom stereocenters. The van der Waals surface area contributed by atoms with Crippen LogP contribution in [0.3, 0.4) is 0 Å². The lowest BCUT2D eigenvalue weighted by Gasteiger charge is -2.25. The zero-order valence-electron chi connectivity index (χ0n) is 12.7. The van der Waals surface area contributed by atoms with E-state index in [1.54, 1.807) is 0 Å². The van der Waals surface area contributed by atoms with Crippen LogP contribution >= 0.6 is 34.8 Å². The molecule has 0 aliphatic heterocycles. The van der Waals surface area contributed by atoms with Crippen LogP contribution in [0.1, 0.15) is 50.9 Å². The first kappa shape index (κ1) is 18.6. The molecule has 0 fully saturated rings. The van der Waals surface area contributed by atoms with Gasteiger partial charge in [0, 0.05) is 6.07 Å². The summed E-state index contributed by atoms with van der Waals surface area (Å²) < 4.78 is 5.34. The minimum absolute atomic E-state index is 0.0776. The van der Waals surface area contributed by atoms with Gasteiger partial charge in [0.15, 0.2) is 0 Å². The number of carbonyl (C=O) groups is 1. The first-order valence-corrected chi connectivity index (χ1v) is 8.00. The summed E-state index contributed by atoms with van der Waals surface area (Å²) in [6.45, 7) is 8.79. The monoisotopic (exact) mass is 349 g/mol. The molecule has 0 spiro atoms. The standard InChI is InChI=1S/C16H20Cl3O2/c1-10(2)5-6-16(3,4)9-21-15(20)12-7-11(17)8-13(18)14(12)19/h8,10H,5-6,9H2,1-4H3. The molecule has 1 radical (unpaired) electrons. The lowest BCUT2D eigenvalue weighted by molar-refractivity contribution is 0.0319. The number of hydrogen-bond acceptors (Lipinski definition) is 2. The Bertz CT molecular complexity index is 510. The van der Waals surface area contributed by atoms with E-state index in [0.29, 0.717) is 12.5 Å². The van der Waals surface area contributed by atoms with Crippen molar-refractivity contribution in [3.8, 4) is 0 Å². The van der Waals surface area contributed by atoms with E-state index in [1.165, 1.54) is 6.07 Å². The molecule has 0 amide bonds. The highest BCUT2D eigenvalue weighted by molar-refractivity contribution is 6.44. The molecule has 1 aromatic carbocycles. The van der Waals surface area contributed by atoms with E-state index in [2.05, 4.69) is 33.8 Å². The van der Waals surface area contributed by atoms with E-state index in [1.807, 2.05) is 0 Å². The molecule has 0 saturated heterocycles. The average Bonchev–Trinajstić information content (AvgIpc) is 2.38. The molecule has 0 saturated carbocycles. The summed E-state index contributed by atoms with van der Waals surface area (Å²) in [5.74, 6) is 0.0662. The van der Waals surface area contributed by atoms with Crippen molar-refractivity contribution < 1.29 is 9.53 Å². The van der Waals surface area contributed by atoms with Crippen molar-refractivity contribution >= 4 is 40.8 Å². The van der Waals surface area contributed by atoms with Crippen LogP contribution in [-0.2, 0) is 4.74 Å². The van der Waals surface area contributed by atoms with Gasteiger partial charge in [-0.25, -0.2) is 4.79 Å². The molecule has 0 heterocycles. The van der Waals surface area contributed by atoms with E-state index in [4.69, 9.17) is 39.5 Å². The third-order valence-corrected chi connectivity index (χ3v) is 4.11. The third-order valence-electron chi connectivity index (χ3n) is 3.12. The highest BCUT2D eigenvalue weighted by atomic mass is 35.5. The average molecular weight is 351 g/mol. The number of rotatable bonds is 6. The van der Waals surface area contributed by atoms with Gasteiger partial charge in [-0.15, -0.1) is 0 Å². The van der Waals surface area contributed by atoms with Crippen LogP contribution in [0.15, 0.2) is 6.07 Å². The fourth-order valence-electron chi connectivity index (χ4n) is 1.73. The van der Waals surface area contributed by atoms with Gasteiger partial charge in [-0.1, -0.05) is 68.9 Å². The summed E-state index contributed by atoms with van der Waals surface area (Å²) in [7, 11) is 0. The number of benzene rings is 1. The Morgan fingerprint density at radius 1 is 1.33 bits per heavy atom. The lowest BCUT2D eigenvalue weighted by atomic mass is 9.86. The first-order chi connectivity index (χ1) is 9.62. The molecule has 0 aliphatic carbocycles. The molecule has 0 bridgehead atoms. The van der Waals surface area contributed by atoms with Crippen LogP contribution in [0.25, 0.3) is 0 Å². The van der Waals surface area contributed by atoms with E-state index < -0.39 is 5.97 Å². The second-order valence-electron chi connectivity index (χ2n) is 6.33. The van der Waals surface area contributed by atoms with Gasteiger partial charge in [0.05, 0.1) is 27.2 Å². The molecule has 2 nitrogen and oxygen atoms in total. The van der Waals surface area contributed by atoms with Crippen molar-refractivity contribution in [2.24, 2.45) is 11.3 Å². The van der Waals surface area contributed by atoms with E-state index in [0.717, 1.165) is 12.8 Å². The van der Waals surface area contributed by atoms with Crippen LogP contribution in [-0.4, -0.2) is 12.6 Å². The van der Waals surface area contributed by atoms with Crippen molar-refractivity contribution in [3.63, 3.8) is 0 Å². The number of hydrogen-bond donors (Lipinski definition) is 0. The van der Waals surface area contributed by atoms with Crippen LogP contribution in [0.5, 0.6) is 0 Å². The van der Waals surface area contributed by atoms with Crippen molar-refractivity contribution in [2.75, 3.05) is 6.61 Å². The minimum Gasteiger partial charge on any atom is -0.461 e. The van der Waals surface area contributed by atoms with Crippen molar-refractivity contribution in [3.05, 3.63) is 32.8 Å². The van der Waals surface area contributed by atoms with Crippen LogP contribution in [0, 0.1) is 17.4 Å². The zero-order valence-corrected chi connectivity index (χ0v) is 15.0. The van der Waals surface area contributed by atoms with Gasteiger partial charge in [-0.3, -0.25) is 0 Å². The number of carbonyl (C=O) groups excluding carboxylic acids is 1. The van der Waals surface area contributed by atoms with Crippen LogP contribution < -0.4 is 0 Å². The fourth-order valence-corrected chi connectivity index (χ4v) is 2.37. The Hall–Kier alpha value is -0.440. The highest BCUT2D eigenvalue weighted by Gasteiger charge is 2.23. The Morgan fingerprint density at radius 2 is 1.95 bits per heavy atom. The molecule has 0 aliphatic rings. The summed E-state index contributed by atoms with van der Waals surface area (Å²) in [6.07, 6.45) is 2.06. The first-order valence-electron chi connectivity index (χ1n) is 6.86. The van der Waals surface area contributed by atoms with Crippen molar-refractivity contribution in [1.29, 1.82) is 0 Å². The van der Waals surface area contributed by atoms with Gasteiger partial charge in [0.25, 0.3) is 0 Å². The highest BCUT2D eigenvalue weighted by Crippen LogP contribution is 2.31. The normalized spacial score (nSPS) is 11.8. The minimum atomic E-state index is -0.554. The van der Waals surface area contributed by atoms with E-state index in [-0.39, 0.29) is 26.0 Å². The molecule has 0 unspecified atom stereocenters. The molecule has 0 aromatic heterocycles. The molecule has 1 rings (SSSR count). The van der Waals surface area contributed by atoms with E-state index >= 15 is 0 Å². The molecular weight excluding hydrogens is 331 g/mol. The van der Waals surface area contributed by atoms with Gasteiger partial charge < -0.3 is 4.74 Å². The van der Waals surface area contributed by atoms with Gasteiger partial charge >= 0.3 is 5.97 Å².